The van der Waals surface area contributed by atoms with Gasteiger partial charge in [0.25, 0.3) is 0 Å². The number of benzene rings is 1. The first-order chi connectivity index (χ1) is 9.70. The van der Waals surface area contributed by atoms with Crippen molar-refractivity contribution in [1.29, 1.82) is 0 Å². The third kappa shape index (κ3) is 3.90. The smallest absolute Gasteiger partial charge is 0.249 e. The molecule has 0 radical (unpaired) electrons. The topological polar surface area (TPSA) is 68.0 Å². The number of aromatic nitrogens is 2. The first kappa shape index (κ1) is 14.7. The van der Waals surface area contributed by atoms with E-state index in [-0.39, 0.29) is 5.91 Å². The summed E-state index contributed by atoms with van der Waals surface area (Å²) in [4.78, 5) is 11.9. The number of hydrogen-bond acceptors (Lipinski definition) is 4. The molecule has 1 aromatic carbocycles. The van der Waals surface area contributed by atoms with Crippen molar-refractivity contribution in [3.63, 3.8) is 0 Å². The normalized spacial score (nSPS) is 10.5. The van der Waals surface area contributed by atoms with Crippen molar-refractivity contribution in [2.24, 2.45) is 0 Å². The van der Waals surface area contributed by atoms with E-state index in [1.165, 1.54) is 0 Å². The number of alkyl halides is 1. The van der Waals surface area contributed by atoms with Crippen LogP contribution in [0.1, 0.15) is 25.2 Å². The van der Waals surface area contributed by atoms with Crippen LogP contribution in [0.4, 0.5) is 5.69 Å². The second-order valence-electron chi connectivity index (χ2n) is 4.37. The van der Waals surface area contributed by atoms with Crippen molar-refractivity contribution in [2.45, 2.75) is 26.2 Å². The number of hydrogen-bond donors (Lipinski definition) is 1. The zero-order valence-electron chi connectivity index (χ0n) is 11.2. The lowest BCUT2D eigenvalue weighted by atomic mass is 10.1. The van der Waals surface area contributed by atoms with Gasteiger partial charge in [-0.15, -0.1) is 10.2 Å². The number of carbonyl (C=O) groups excluding carboxylic acids is 1. The summed E-state index contributed by atoms with van der Waals surface area (Å²) >= 11 is 3.35. The molecule has 6 heteroatoms. The fourth-order valence-corrected chi connectivity index (χ4v) is 2.17. The van der Waals surface area contributed by atoms with E-state index in [4.69, 9.17) is 4.42 Å². The standard InChI is InChI=1S/C14H16BrN3O2/c1-10-17-18-14(20-10)11-6-2-3-7-12(11)16-13(19)8-4-5-9-15/h2-3,6-7H,4-5,8-9H2,1H3,(H,16,19). The van der Waals surface area contributed by atoms with E-state index in [1.54, 1.807) is 6.92 Å². The van der Waals surface area contributed by atoms with E-state index in [0.717, 1.165) is 23.7 Å². The highest BCUT2D eigenvalue weighted by atomic mass is 79.9. The van der Waals surface area contributed by atoms with Gasteiger partial charge in [-0.2, -0.15) is 0 Å². The zero-order chi connectivity index (χ0) is 14.4. The van der Waals surface area contributed by atoms with Gasteiger partial charge in [-0.25, -0.2) is 0 Å². The molecule has 0 aliphatic carbocycles. The van der Waals surface area contributed by atoms with Crippen LogP contribution in [0.15, 0.2) is 28.7 Å². The molecule has 2 aromatic rings. The molecule has 0 bridgehead atoms. The molecule has 2 rings (SSSR count). The van der Waals surface area contributed by atoms with Gasteiger partial charge in [0, 0.05) is 18.7 Å². The van der Waals surface area contributed by atoms with Crippen LogP contribution in [0.3, 0.4) is 0 Å². The summed E-state index contributed by atoms with van der Waals surface area (Å²) in [6, 6.07) is 7.41. The number of nitrogens with one attached hydrogen (secondary N) is 1. The molecular formula is C14H16BrN3O2. The van der Waals surface area contributed by atoms with Crippen molar-refractivity contribution in [1.82, 2.24) is 10.2 Å². The molecule has 1 aromatic heterocycles. The SMILES string of the molecule is Cc1nnc(-c2ccccc2NC(=O)CCCCBr)o1. The van der Waals surface area contributed by atoms with Gasteiger partial charge in [0.05, 0.1) is 11.3 Å². The molecule has 5 nitrogen and oxygen atoms in total. The maximum atomic E-state index is 11.9. The molecule has 0 unspecified atom stereocenters. The van der Waals surface area contributed by atoms with Crippen LogP contribution < -0.4 is 5.32 Å². The Morgan fingerprint density at radius 2 is 2.10 bits per heavy atom. The Kier molecular flexibility index (Phi) is 5.29. The summed E-state index contributed by atoms with van der Waals surface area (Å²) in [5, 5.41) is 11.6. The highest BCUT2D eigenvalue weighted by Gasteiger charge is 2.12. The molecule has 1 N–H and O–H groups in total. The van der Waals surface area contributed by atoms with Crippen molar-refractivity contribution in [2.75, 3.05) is 10.6 Å². The molecule has 0 aliphatic heterocycles. The van der Waals surface area contributed by atoms with Crippen LogP contribution in [-0.2, 0) is 4.79 Å². The summed E-state index contributed by atoms with van der Waals surface area (Å²) in [6.07, 6.45) is 2.35. The van der Waals surface area contributed by atoms with Gasteiger partial charge < -0.3 is 9.73 Å². The van der Waals surface area contributed by atoms with Gasteiger partial charge in [0.2, 0.25) is 17.7 Å². The third-order valence-electron chi connectivity index (χ3n) is 2.75. The minimum Gasteiger partial charge on any atom is -0.421 e. The Labute approximate surface area is 125 Å². The zero-order valence-corrected chi connectivity index (χ0v) is 12.8. The van der Waals surface area contributed by atoms with E-state index in [1.807, 2.05) is 24.3 Å². The van der Waals surface area contributed by atoms with E-state index >= 15 is 0 Å². The number of rotatable bonds is 6. The fourth-order valence-electron chi connectivity index (χ4n) is 1.78. The maximum Gasteiger partial charge on any atom is 0.249 e. The molecule has 20 heavy (non-hydrogen) atoms. The molecule has 0 atom stereocenters. The Morgan fingerprint density at radius 3 is 2.80 bits per heavy atom. The molecule has 1 heterocycles. The van der Waals surface area contributed by atoms with Gasteiger partial charge in [-0.3, -0.25) is 4.79 Å². The second-order valence-corrected chi connectivity index (χ2v) is 5.16. The summed E-state index contributed by atoms with van der Waals surface area (Å²) in [5.74, 6) is 0.909. The molecule has 0 fully saturated rings. The lowest BCUT2D eigenvalue weighted by Crippen LogP contribution is -2.12. The van der Waals surface area contributed by atoms with E-state index in [9.17, 15) is 4.79 Å². The number of nitrogens with zero attached hydrogens (tertiary/aromatic N) is 2. The van der Waals surface area contributed by atoms with Crippen LogP contribution in [-0.4, -0.2) is 21.4 Å². The minimum atomic E-state index is -0.00497. The van der Waals surface area contributed by atoms with Gasteiger partial charge in [0.1, 0.15) is 0 Å². The Bertz CT molecular complexity index is 583. The summed E-state index contributed by atoms with van der Waals surface area (Å²) in [6.45, 7) is 1.73. The molecule has 0 aliphatic rings. The highest BCUT2D eigenvalue weighted by Crippen LogP contribution is 2.26. The van der Waals surface area contributed by atoms with E-state index in [0.29, 0.717) is 23.9 Å². The molecule has 106 valence electrons. The Balaban J connectivity index is 2.10. The van der Waals surface area contributed by atoms with Crippen molar-refractivity contribution >= 4 is 27.5 Å². The van der Waals surface area contributed by atoms with Gasteiger partial charge in [-0.05, 0) is 25.0 Å². The Hall–Kier alpha value is -1.69. The lowest BCUT2D eigenvalue weighted by molar-refractivity contribution is -0.116. The summed E-state index contributed by atoms with van der Waals surface area (Å²) in [7, 11) is 0. The maximum absolute atomic E-state index is 11.9. The number of amides is 1. The van der Waals surface area contributed by atoms with Crippen LogP contribution in [0.2, 0.25) is 0 Å². The summed E-state index contributed by atoms with van der Waals surface area (Å²) < 4.78 is 5.41. The fraction of sp³-hybridized carbons (Fsp3) is 0.357. The number of para-hydroxylation sites is 1. The third-order valence-corrected chi connectivity index (χ3v) is 3.31. The molecule has 0 saturated carbocycles. The van der Waals surface area contributed by atoms with Crippen LogP contribution in [0, 0.1) is 6.92 Å². The van der Waals surface area contributed by atoms with Crippen LogP contribution in [0.25, 0.3) is 11.5 Å². The van der Waals surface area contributed by atoms with Crippen LogP contribution >= 0.6 is 15.9 Å². The average Bonchev–Trinajstić information content (AvgIpc) is 2.86. The number of aryl methyl sites for hydroxylation is 1. The van der Waals surface area contributed by atoms with Gasteiger partial charge >= 0.3 is 0 Å². The molecular weight excluding hydrogens is 322 g/mol. The average molecular weight is 338 g/mol. The predicted molar refractivity (Wildman–Crippen MR) is 80.7 cm³/mol. The van der Waals surface area contributed by atoms with Crippen LogP contribution in [0.5, 0.6) is 0 Å². The minimum absolute atomic E-state index is 0.00497. The monoisotopic (exact) mass is 337 g/mol. The van der Waals surface area contributed by atoms with Gasteiger partial charge in [0.15, 0.2) is 0 Å². The lowest BCUT2D eigenvalue weighted by Gasteiger charge is -2.08. The van der Waals surface area contributed by atoms with Crippen molar-refractivity contribution in [3.8, 4) is 11.5 Å². The number of halogens is 1. The summed E-state index contributed by atoms with van der Waals surface area (Å²) in [5.41, 5.74) is 1.43. The highest BCUT2D eigenvalue weighted by molar-refractivity contribution is 9.09. The first-order valence-electron chi connectivity index (χ1n) is 6.46. The molecule has 0 spiro atoms. The van der Waals surface area contributed by atoms with E-state index < -0.39 is 0 Å². The first-order valence-corrected chi connectivity index (χ1v) is 7.58. The van der Waals surface area contributed by atoms with Gasteiger partial charge in [-0.1, -0.05) is 28.1 Å². The molecule has 1 amide bonds. The second kappa shape index (κ2) is 7.19. The van der Waals surface area contributed by atoms with Crippen molar-refractivity contribution in [3.05, 3.63) is 30.2 Å². The number of unbranched alkanes of at least 4 members (excludes halogenated alkanes) is 1. The quantitative estimate of drug-likeness (QED) is 0.646. The largest absolute Gasteiger partial charge is 0.421 e. The van der Waals surface area contributed by atoms with E-state index in [2.05, 4.69) is 31.4 Å². The Morgan fingerprint density at radius 1 is 1.30 bits per heavy atom. The van der Waals surface area contributed by atoms with Crippen molar-refractivity contribution < 1.29 is 9.21 Å². The number of carbonyl (C=O) groups is 1. The predicted octanol–water partition coefficient (Wildman–Crippen LogP) is 3.55. The number of anilines is 1. The molecule has 0 saturated heterocycles.